The number of rotatable bonds is 88. The van der Waals surface area contributed by atoms with Crippen molar-refractivity contribution in [1.29, 1.82) is 0 Å². The van der Waals surface area contributed by atoms with Crippen molar-refractivity contribution in [3.63, 3.8) is 0 Å². The van der Waals surface area contributed by atoms with Crippen molar-refractivity contribution in [2.45, 2.75) is 497 Å². The van der Waals surface area contributed by atoms with Crippen molar-refractivity contribution in [2.24, 2.45) is 23.7 Å². The number of phosphoric ester groups is 2. The first-order valence-electron chi connectivity index (χ1n) is 46.7. The van der Waals surface area contributed by atoms with Gasteiger partial charge in [-0.1, -0.05) is 428 Å². The Labute approximate surface area is 677 Å². The van der Waals surface area contributed by atoms with Crippen LogP contribution in [0.1, 0.15) is 479 Å². The molecule has 0 spiro atoms. The van der Waals surface area contributed by atoms with Crippen LogP contribution in [0.15, 0.2) is 0 Å². The summed E-state index contributed by atoms with van der Waals surface area (Å²) in [6, 6.07) is 0. The molecule has 5 atom stereocenters. The quantitative estimate of drug-likeness (QED) is 0.0222. The number of aliphatic hydroxyl groups excluding tert-OH is 1. The van der Waals surface area contributed by atoms with Gasteiger partial charge in [-0.05, 0) is 49.4 Å². The first-order valence-corrected chi connectivity index (χ1v) is 49.7. The maximum absolute atomic E-state index is 13.2. The van der Waals surface area contributed by atoms with Gasteiger partial charge in [0, 0.05) is 25.7 Å². The Bertz CT molecular complexity index is 2130. The molecule has 17 nitrogen and oxygen atoms in total. The number of carbonyl (C=O) groups excluding carboxylic acids is 4. The largest absolute Gasteiger partial charge is 0.472 e. The molecule has 3 N–H and O–H groups in total. The van der Waals surface area contributed by atoms with Crippen LogP contribution in [0.25, 0.3) is 0 Å². The van der Waals surface area contributed by atoms with E-state index in [-0.39, 0.29) is 25.7 Å². The van der Waals surface area contributed by atoms with Gasteiger partial charge in [0.25, 0.3) is 0 Å². The SMILES string of the molecule is CC(C)CCCCCCCCCCCCCCCCCCCCC(=O)OC[C@H](COP(=O)(O)OCC(O)COP(=O)(O)OC[C@@H](COC(=O)CCCCCCCCC(C)C)OC(=O)CCCCCCCCCCCCCCCCCCC(C)C)OC(=O)CCCCCCCCCCCCCCCCCCCCC(C)C. The lowest BCUT2D eigenvalue weighted by Crippen LogP contribution is -2.30. The van der Waals surface area contributed by atoms with Crippen LogP contribution in [-0.4, -0.2) is 96.7 Å². The Hall–Kier alpha value is -1.94. The maximum atomic E-state index is 13.2. The highest BCUT2D eigenvalue weighted by Gasteiger charge is 2.31. The van der Waals surface area contributed by atoms with Crippen LogP contribution in [0.5, 0.6) is 0 Å². The van der Waals surface area contributed by atoms with E-state index in [4.69, 9.17) is 37.0 Å². The van der Waals surface area contributed by atoms with E-state index in [9.17, 15) is 43.2 Å². The van der Waals surface area contributed by atoms with E-state index in [1.807, 2.05) is 0 Å². The molecule has 0 rings (SSSR count). The van der Waals surface area contributed by atoms with Crippen LogP contribution >= 0.6 is 15.6 Å². The minimum absolute atomic E-state index is 0.107. The van der Waals surface area contributed by atoms with E-state index in [1.165, 1.54) is 276 Å². The Balaban J connectivity index is 5.20. The second-order valence-electron chi connectivity index (χ2n) is 34.6. The van der Waals surface area contributed by atoms with Crippen molar-refractivity contribution >= 4 is 39.5 Å². The lowest BCUT2D eigenvalue weighted by Gasteiger charge is -2.21. The van der Waals surface area contributed by atoms with Crippen LogP contribution in [0.2, 0.25) is 0 Å². The number of carbonyl (C=O) groups is 4. The standard InChI is InChI=1S/C91H178O17P2/c1-81(2)67-59-51-43-37-31-25-19-13-9-11-15-22-28-34-40-46-55-63-71-88(93)101-77-86(107-90(95)73-65-57-47-41-35-29-23-16-12-10-14-20-26-32-38-44-52-60-68-82(3)4)79-105-109(97,98)103-75-85(92)76-104-110(99,100)106-80-87(78-102-89(94)72-64-56-50-49-54-62-70-84(7)8)108-91(96)74-66-58-48-42-36-30-24-18-17-21-27-33-39-45-53-61-69-83(5)6/h81-87,92H,9-80H2,1-8H3,(H,97,98)(H,99,100)/t85?,86-,87-/m1/s1. The summed E-state index contributed by atoms with van der Waals surface area (Å²) < 4.78 is 69.0. The summed E-state index contributed by atoms with van der Waals surface area (Å²) in [5, 5.41) is 10.7. The van der Waals surface area contributed by atoms with Gasteiger partial charge in [0.1, 0.15) is 19.3 Å². The van der Waals surface area contributed by atoms with Crippen LogP contribution in [0.4, 0.5) is 0 Å². The molecule has 0 aliphatic rings. The molecule has 0 amide bonds. The number of hydrogen-bond acceptors (Lipinski definition) is 15. The highest BCUT2D eigenvalue weighted by atomic mass is 31.2. The van der Waals surface area contributed by atoms with E-state index < -0.39 is 97.5 Å². The minimum atomic E-state index is -4.97. The Kier molecular flexibility index (Phi) is 78.1. The van der Waals surface area contributed by atoms with Gasteiger partial charge in [-0.15, -0.1) is 0 Å². The summed E-state index contributed by atoms with van der Waals surface area (Å²) in [5.41, 5.74) is 0. The Morgan fingerprint density at radius 2 is 0.382 bits per heavy atom. The first-order chi connectivity index (χ1) is 53.1. The number of ether oxygens (including phenoxy) is 4. The predicted octanol–water partition coefficient (Wildman–Crippen LogP) is 27.9. The third-order valence-electron chi connectivity index (χ3n) is 21.3. The average Bonchev–Trinajstić information content (AvgIpc) is 0.898. The molecule has 0 aromatic carbocycles. The molecule has 0 aromatic rings. The van der Waals surface area contributed by atoms with Gasteiger partial charge in [0.2, 0.25) is 0 Å². The van der Waals surface area contributed by atoms with Crippen LogP contribution in [-0.2, 0) is 65.4 Å². The fraction of sp³-hybridized carbons (Fsp3) is 0.956. The molecule has 654 valence electrons. The molecule has 110 heavy (non-hydrogen) atoms. The zero-order valence-electron chi connectivity index (χ0n) is 72.9. The molecule has 0 saturated heterocycles. The summed E-state index contributed by atoms with van der Waals surface area (Å²) >= 11 is 0. The molecule has 0 aliphatic carbocycles. The molecule has 0 radical (unpaired) electrons. The second kappa shape index (κ2) is 79.5. The molecule has 19 heteroatoms. The van der Waals surface area contributed by atoms with Gasteiger partial charge < -0.3 is 33.8 Å². The molecule has 0 heterocycles. The third-order valence-corrected chi connectivity index (χ3v) is 23.2. The molecule has 0 bridgehead atoms. The molecule has 0 aromatic heterocycles. The fourth-order valence-electron chi connectivity index (χ4n) is 14.2. The van der Waals surface area contributed by atoms with Crippen molar-refractivity contribution in [1.82, 2.24) is 0 Å². The number of esters is 4. The van der Waals surface area contributed by atoms with Gasteiger partial charge in [-0.2, -0.15) is 0 Å². The molecular formula is C91H178O17P2. The predicted molar refractivity (Wildman–Crippen MR) is 455 cm³/mol. The van der Waals surface area contributed by atoms with Crippen molar-refractivity contribution in [3.05, 3.63) is 0 Å². The second-order valence-corrected chi connectivity index (χ2v) is 37.5. The van der Waals surface area contributed by atoms with Crippen LogP contribution in [0, 0.1) is 23.7 Å². The maximum Gasteiger partial charge on any atom is 0.472 e. The number of hydrogen-bond donors (Lipinski definition) is 3. The number of phosphoric acid groups is 2. The zero-order valence-corrected chi connectivity index (χ0v) is 74.7. The lowest BCUT2D eigenvalue weighted by molar-refractivity contribution is -0.161. The smallest absolute Gasteiger partial charge is 0.462 e. The van der Waals surface area contributed by atoms with E-state index in [2.05, 4.69) is 55.4 Å². The Morgan fingerprint density at radius 3 is 0.564 bits per heavy atom. The summed E-state index contributed by atoms with van der Waals surface area (Å²) in [5.74, 6) is 1.03. The van der Waals surface area contributed by atoms with Crippen molar-refractivity contribution < 1.29 is 80.2 Å². The monoisotopic (exact) mass is 1610 g/mol. The van der Waals surface area contributed by atoms with E-state index >= 15 is 0 Å². The molecule has 0 saturated carbocycles. The molecule has 3 unspecified atom stereocenters. The van der Waals surface area contributed by atoms with Crippen LogP contribution in [0.3, 0.4) is 0 Å². The summed E-state index contributed by atoms with van der Waals surface area (Å²) in [7, 11) is -9.94. The highest BCUT2D eigenvalue weighted by molar-refractivity contribution is 7.47. The van der Waals surface area contributed by atoms with Gasteiger partial charge in [-0.25, -0.2) is 9.13 Å². The number of aliphatic hydroxyl groups is 1. The average molecular weight is 1610 g/mol. The Morgan fingerprint density at radius 1 is 0.227 bits per heavy atom. The van der Waals surface area contributed by atoms with Gasteiger partial charge in [-0.3, -0.25) is 37.3 Å². The van der Waals surface area contributed by atoms with Crippen LogP contribution < -0.4 is 0 Å². The fourth-order valence-corrected chi connectivity index (χ4v) is 15.8. The van der Waals surface area contributed by atoms with Crippen molar-refractivity contribution in [2.75, 3.05) is 39.6 Å². The zero-order chi connectivity index (χ0) is 80.9. The first kappa shape index (κ1) is 108. The van der Waals surface area contributed by atoms with E-state index in [0.717, 1.165) is 114 Å². The van der Waals surface area contributed by atoms with Gasteiger partial charge in [0.05, 0.1) is 26.4 Å². The van der Waals surface area contributed by atoms with E-state index in [0.29, 0.717) is 31.6 Å². The third kappa shape index (κ3) is 84.0. The van der Waals surface area contributed by atoms with Gasteiger partial charge in [0.15, 0.2) is 12.2 Å². The highest BCUT2D eigenvalue weighted by Crippen LogP contribution is 2.45. The summed E-state index contributed by atoms with van der Waals surface area (Å²) in [6.07, 6.45) is 71.2. The van der Waals surface area contributed by atoms with E-state index in [1.54, 1.807) is 0 Å². The molecule has 0 fully saturated rings. The molecular weight excluding hydrogens is 1430 g/mol. The number of unbranched alkanes of at least 4 members (excludes halogenated alkanes) is 54. The van der Waals surface area contributed by atoms with Crippen molar-refractivity contribution in [3.8, 4) is 0 Å². The molecule has 0 aliphatic heterocycles. The minimum Gasteiger partial charge on any atom is -0.462 e. The normalized spacial score (nSPS) is 13.8. The topological polar surface area (TPSA) is 237 Å². The van der Waals surface area contributed by atoms with Gasteiger partial charge >= 0.3 is 39.5 Å². The summed E-state index contributed by atoms with van der Waals surface area (Å²) in [6.45, 7) is 14.3. The lowest BCUT2D eigenvalue weighted by atomic mass is 10.0. The summed E-state index contributed by atoms with van der Waals surface area (Å²) in [4.78, 5) is 73.3.